The number of rotatable bonds is 6. The number of amides is 1. The number of methoxy groups -OCH3 is 1. The highest BCUT2D eigenvalue weighted by Crippen LogP contribution is 2.32. The predicted octanol–water partition coefficient (Wildman–Crippen LogP) is 6.17. The molecule has 0 radical (unpaired) electrons. The number of ether oxygens (including phenoxy) is 2. The van der Waals surface area contributed by atoms with E-state index in [1.54, 1.807) is 30.6 Å². The van der Waals surface area contributed by atoms with Crippen LogP contribution in [0.25, 0.3) is 20.8 Å². The van der Waals surface area contributed by atoms with Gasteiger partial charge in [0.1, 0.15) is 16.5 Å². The number of carbonyl (C=O) groups excluding carboxylic acids is 1. The third-order valence-corrected chi connectivity index (χ3v) is 5.57. The maximum absolute atomic E-state index is 12.4. The molecule has 1 amide bonds. The SMILES string of the molecule is COc1ccc2nc(-c3ccc(NC(=O)c4ccc(OCC(F)(F)F)cc4)cc3)sc2c1. The molecule has 9 heteroatoms. The van der Waals surface area contributed by atoms with E-state index < -0.39 is 12.8 Å². The Bertz CT molecular complexity index is 1240. The summed E-state index contributed by atoms with van der Waals surface area (Å²) in [4.78, 5) is 17.0. The van der Waals surface area contributed by atoms with Gasteiger partial charge in [0.2, 0.25) is 0 Å². The summed E-state index contributed by atoms with van der Waals surface area (Å²) in [5.74, 6) is 0.426. The van der Waals surface area contributed by atoms with Gasteiger partial charge in [0.15, 0.2) is 6.61 Å². The summed E-state index contributed by atoms with van der Waals surface area (Å²) in [5, 5.41) is 3.61. The molecule has 0 saturated carbocycles. The second-order valence-corrected chi connectivity index (χ2v) is 7.84. The van der Waals surface area contributed by atoms with Crippen molar-refractivity contribution in [3.63, 3.8) is 0 Å². The minimum Gasteiger partial charge on any atom is -0.497 e. The zero-order chi connectivity index (χ0) is 22.7. The van der Waals surface area contributed by atoms with Crippen LogP contribution in [0.1, 0.15) is 10.4 Å². The van der Waals surface area contributed by atoms with Crippen molar-refractivity contribution in [2.75, 3.05) is 19.0 Å². The van der Waals surface area contributed by atoms with Crippen LogP contribution in [0.2, 0.25) is 0 Å². The van der Waals surface area contributed by atoms with Crippen molar-refractivity contribution in [2.45, 2.75) is 6.18 Å². The standard InChI is InChI=1S/C23H17F3N2O3S/c1-30-18-10-11-19-20(12-18)32-22(28-19)15-2-6-16(7-3-15)27-21(29)14-4-8-17(9-5-14)31-13-23(24,25)26/h2-12H,13H2,1H3,(H,27,29). The lowest BCUT2D eigenvalue weighted by Crippen LogP contribution is -2.19. The zero-order valence-corrected chi connectivity index (χ0v) is 17.6. The van der Waals surface area contributed by atoms with Gasteiger partial charge in [-0.1, -0.05) is 0 Å². The molecule has 3 aromatic carbocycles. The maximum atomic E-state index is 12.4. The molecule has 0 aliphatic heterocycles. The Morgan fingerprint density at radius 3 is 2.34 bits per heavy atom. The molecule has 32 heavy (non-hydrogen) atoms. The number of anilines is 1. The van der Waals surface area contributed by atoms with Gasteiger partial charge < -0.3 is 14.8 Å². The topological polar surface area (TPSA) is 60.5 Å². The van der Waals surface area contributed by atoms with Gasteiger partial charge in [-0.25, -0.2) is 4.98 Å². The van der Waals surface area contributed by atoms with E-state index in [4.69, 9.17) is 4.74 Å². The Kier molecular flexibility index (Phi) is 6.00. The molecule has 0 fully saturated rings. The number of benzene rings is 3. The van der Waals surface area contributed by atoms with Crippen LogP contribution in [0.5, 0.6) is 11.5 Å². The molecule has 5 nitrogen and oxygen atoms in total. The fourth-order valence-electron chi connectivity index (χ4n) is 2.92. The van der Waals surface area contributed by atoms with Gasteiger partial charge in [-0.3, -0.25) is 4.79 Å². The number of aromatic nitrogens is 1. The molecule has 0 aliphatic carbocycles. The first kappa shape index (κ1) is 21.6. The highest BCUT2D eigenvalue weighted by Gasteiger charge is 2.28. The van der Waals surface area contributed by atoms with E-state index in [2.05, 4.69) is 15.0 Å². The van der Waals surface area contributed by atoms with E-state index in [0.29, 0.717) is 11.3 Å². The minimum absolute atomic E-state index is 0.0386. The third-order valence-electron chi connectivity index (χ3n) is 4.50. The molecule has 1 N–H and O–H groups in total. The summed E-state index contributed by atoms with van der Waals surface area (Å²) in [6.45, 7) is -1.38. The lowest BCUT2D eigenvalue weighted by atomic mass is 10.2. The largest absolute Gasteiger partial charge is 0.497 e. The van der Waals surface area contributed by atoms with Crippen molar-refractivity contribution in [2.24, 2.45) is 0 Å². The summed E-state index contributed by atoms with van der Waals surface area (Å²) in [5.41, 5.74) is 2.67. The summed E-state index contributed by atoms with van der Waals surface area (Å²) in [7, 11) is 1.62. The molecule has 164 valence electrons. The predicted molar refractivity (Wildman–Crippen MR) is 118 cm³/mol. The number of hydrogen-bond acceptors (Lipinski definition) is 5. The van der Waals surface area contributed by atoms with E-state index in [1.807, 2.05) is 30.3 Å². The number of nitrogens with zero attached hydrogens (tertiary/aromatic N) is 1. The third kappa shape index (κ3) is 5.17. The molecule has 0 spiro atoms. The first-order valence-corrected chi connectivity index (χ1v) is 10.3. The fourth-order valence-corrected chi connectivity index (χ4v) is 3.92. The first-order valence-electron chi connectivity index (χ1n) is 9.47. The summed E-state index contributed by atoms with van der Waals surface area (Å²) >= 11 is 1.54. The molecule has 4 rings (SSSR count). The lowest BCUT2D eigenvalue weighted by molar-refractivity contribution is -0.153. The van der Waals surface area contributed by atoms with Gasteiger partial charge in [0.05, 0.1) is 17.3 Å². The first-order chi connectivity index (χ1) is 15.3. The Morgan fingerprint density at radius 2 is 1.69 bits per heavy atom. The minimum atomic E-state index is -4.42. The van der Waals surface area contributed by atoms with Crippen LogP contribution in [-0.2, 0) is 0 Å². The Morgan fingerprint density at radius 1 is 1.00 bits per heavy atom. The highest BCUT2D eigenvalue weighted by molar-refractivity contribution is 7.21. The van der Waals surface area contributed by atoms with Crippen molar-refractivity contribution < 1.29 is 27.4 Å². The van der Waals surface area contributed by atoms with Crippen LogP contribution in [0.15, 0.2) is 66.7 Å². The quantitative estimate of drug-likeness (QED) is 0.376. The normalized spacial score (nSPS) is 11.4. The molecular formula is C23H17F3N2O3S. The molecule has 1 aromatic heterocycles. The van der Waals surface area contributed by atoms with Gasteiger partial charge in [-0.05, 0) is 66.7 Å². The average Bonchev–Trinajstić information content (AvgIpc) is 3.21. The van der Waals surface area contributed by atoms with Crippen LogP contribution in [-0.4, -0.2) is 30.8 Å². The Hall–Kier alpha value is -3.59. The smallest absolute Gasteiger partial charge is 0.422 e. The van der Waals surface area contributed by atoms with E-state index in [-0.39, 0.29) is 11.7 Å². The molecule has 0 saturated heterocycles. The van der Waals surface area contributed by atoms with Gasteiger partial charge in [0, 0.05) is 16.8 Å². The number of hydrogen-bond donors (Lipinski definition) is 1. The van der Waals surface area contributed by atoms with Crippen molar-refractivity contribution in [1.29, 1.82) is 0 Å². The van der Waals surface area contributed by atoms with E-state index in [0.717, 1.165) is 26.5 Å². The van der Waals surface area contributed by atoms with Gasteiger partial charge in [-0.15, -0.1) is 11.3 Å². The van der Waals surface area contributed by atoms with E-state index in [1.165, 1.54) is 24.3 Å². The molecular weight excluding hydrogens is 441 g/mol. The second-order valence-electron chi connectivity index (χ2n) is 6.81. The van der Waals surface area contributed by atoms with E-state index >= 15 is 0 Å². The molecule has 0 atom stereocenters. The molecule has 0 bridgehead atoms. The molecule has 0 aliphatic rings. The van der Waals surface area contributed by atoms with Crippen LogP contribution in [0.3, 0.4) is 0 Å². The number of alkyl halides is 3. The van der Waals surface area contributed by atoms with Gasteiger partial charge >= 0.3 is 6.18 Å². The fraction of sp³-hybridized carbons (Fsp3) is 0.130. The zero-order valence-electron chi connectivity index (χ0n) is 16.8. The Labute approximate surface area is 185 Å². The van der Waals surface area contributed by atoms with Crippen LogP contribution in [0, 0.1) is 0 Å². The number of carbonyl (C=O) groups is 1. The van der Waals surface area contributed by atoms with Crippen molar-refractivity contribution in [3.8, 4) is 22.1 Å². The number of fused-ring (bicyclic) bond motifs is 1. The number of thiazole rings is 1. The summed E-state index contributed by atoms with van der Waals surface area (Å²) in [6, 6.07) is 18.4. The van der Waals surface area contributed by atoms with Crippen molar-refractivity contribution in [3.05, 3.63) is 72.3 Å². The lowest BCUT2D eigenvalue weighted by Gasteiger charge is -2.10. The van der Waals surface area contributed by atoms with E-state index in [9.17, 15) is 18.0 Å². The molecule has 0 unspecified atom stereocenters. The van der Waals surface area contributed by atoms with Gasteiger partial charge in [-0.2, -0.15) is 13.2 Å². The summed E-state index contributed by atoms with van der Waals surface area (Å²) in [6.07, 6.45) is -4.42. The Balaban J connectivity index is 1.41. The van der Waals surface area contributed by atoms with Crippen LogP contribution < -0.4 is 14.8 Å². The van der Waals surface area contributed by atoms with Gasteiger partial charge in [0.25, 0.3) is 5.91 Å². The summed E-state index contributed by atoms with van der Waals surface area (Å²) < 4.78 is 47.5. The van der Waals surface area contributed by atoms with Crippen LogP contribution in [0.4, 0.5) is 18.9 Å². The highest BCUT2D eigenvalue weighted by atomic mass is 32.1. The average molecular weight is 458 g/mol. The maximum Gasteiger partial charge on any atom is 0.422 e. The number of nitrogens with one attached hydrogen (secondary N) is 1. The molecule has 4 aromatic rings. The molecule has 1 heterocycles. The number of halogens is 3. The van der Waals surface area contributed by atoms with Crippen molar-refractivity contribution >= 4 is 33.1 Å². The monoisotopic (exact) mass is 458 g/mol. The van der Waals surface area contributed by atoms with Crippen molar-refractivity contribution in [1.82, 2.24) is 4.98 Å². The second kappa shape index (κ2) is 8.88. The van der Waals surface area contributed by atoms with Crippen LogP contribution >= 0.6 is 11.3 Å².